The average molecular weight is 290 g/mol. The third-order valence-electron chi connectivity index (χ3n) is 3.36. The minimum absolute atomic E-state index is 0.619. The lowest BCUT2D eigenvalue weighted by Gasteiger charge is -2.11. The quantitative estimate of drug-likeness (QED) is 0.656. The lowest BCUT2D eigenvalue weighted by Crippen LogP contribution is -2.07. The highest BCUT2D eigenvalue weighted by molar-refractivity contribution is 5.73. The first-order valence-electron chi connectivity index (χ1n) is 7.20. The molecule has 2 aromatic carbocycles. The predicted molar refractivity (Wildman–Crippen MR) is 92.8 cm³/mol. The lowest BCUT2D eigenvalue weighted by atomic mass is 10.2. The number of para-hydroxylation sites is 2. The van der Waals surface area contributed by atoms with Gasteiger partial charge in [0, 0.05) is 25.9 Å². The summed E-state index contributed by atoms with van der Waals surface area (Å²) in [7, 11) is 4.07. The van der Waals surface area contributed by atoms with E-state index in [4.69, 9.17) is 4.42 Å². The minimum Gasteiger partial charge on any atom is -0.437 e. The van der Waals surface area contributed by atoms with Crippen molar-refractivity contribution < 1.29 is 4.42 Å². The number of hydrogen-bond acceptors (Lipinski definition) is 3. The van der Waals surface area contributed by atoms with Crippen LogP contribution >= 0.6 is 0 Å². The Morgan fingerprint density at radius 1 is 0.909 bits per heavy atom. The van der Waals surface area contributed by atoms with Crippen LogP contribution in [0.1, 0.15) is 11.5 Å². The number of rotatable bonds is 4. The Labute approximate surface area is 130 Å². The number of hydrogen-bond donors (Lipinski definition) is 0. The second kappa shape index (κ2) is 6.31. The normalized spacial score (nSPS) is 11.7. The summed E-state index contributed by atoms with van der Waals surface area (Å²) >= 11 is 0. The maximum Gasteiger partial charge on any atom is 0.219 e. The average Bonchev–Trinajstić information content (AvgIpc) is 2.95. The molecule has 3 heteroatoms. The van der Waals surface area contributed by atoms with Gasteiger partial charge in [0.2, 0.25) is 5.89 Å². The molecular weight excluding hydrogens is 272 g/mol. The van der Waals surface area contributed by atoms with Gasteiger partial charge in [0.1, 0.15) is 5.52 Å². The third kappa shape index (κ3) is 3.26. The summed E-state index contributed by atoms with van der Waals surface area (Å²) in [5.74, 6) is 0.619. The summed E-state index contributed by atoms with van der Waals surface area (Å²) in [5, 5.41) is 0. The van der Waals surface area contributed by atoms with Crippen molar-refractivity contribution in [3.05, 3.63) is 72.1 Å². The van der Waals surface area contributed by atoms with E-state index in [0.717, 1.165) is 16.7 Å². The van der Waals surface area contributed by atoms with Crippen molar-refractivity contribution in [1.29, 1.82) is 0 Å². The molecule has 0 amide bonds. The molecule has 0 unspecified atom stereocenters. The Hall–Kier alpha value is -2.81. The van der Waals surface area contributed by atoms with Crippen molar-refractivity contribution >= 4 is 28.9 Å². The van der Waals surface area contributed by atoms with Crippen LogP contribution in [0.5, 0.6) is 0 Å². The van der Waals surface area contributed by atoms with Gasteiger partial charge in [-0.2, -0.15) is 0 Å². The summed E-state index contributed by atoms with van der Waals surface area (Å²) in [6, 6.07) is 16.2. The molecule has 1 heterocycles. The van der Waals surface area contributed by atoms with Gasteiger partial charge in [0.15, 0.2) is 5.58 Å². The zero-order chi connectivity index (χ0) is 15.4. The molecule has 0 atom stereocenters. The molecule has 0 radical (unpaired) electrons. The molecule has 1 aromatic heterocycles. The molecule has 22 heavy (non-hydrogen) atoms. The van der Waals surface area contributed by atoms with Gasteiger partial charge >= 0.3 is 0 Å². The number of oxazole rings is 1. The van der Waals surface area contributed by atoms with Gasteiger partial charge in [-0.05, 0) is 29.8 Å². The second-order valence-corrected chi connectivity index (χ2v) is 5.22. The van der Waals surface area contributed by atoms with Gasteiger partial charge in [0.25, 0.3) is 0 Å². The van der Waals surface area contributed by atoms with Crippen LogP contribution in [0.3, 0.4) is 0 Å². The van der Waals surface area contributed by atoms with E-state index in [1.54, 1.807) is 0 Å². The largest absolute Gasteiger partial charge is 0.437 e. The maximum atomic E-state index is 5.63. The topological polar surface area (TPSA) is 29.3 Å². The Morgan fingerprint density at radius 2 is 1.64 bits per heavy atom. The SMILES string of the molecule is CN(C)c1ccc(C=CC=Cc2nc3ccccc3o2)cc1. The number of benzene rings is 2. The highest BCUT2D eigenvalue weighted by atomic mass is 16.3. The van der Waals surface area contributed by atoms with E-state index in [9.17, 15) is 0 Å². The number of allylic oxidation sites excluding steroid dienone is 2. The Kier molecular flexibility index (Phi) is 4.05. The highest BCUT2D eigenvalue weighted by Gasteiger charge is 2.00. The monoisotopic (exact) mass is 290 g/mol. The first kappa shape index (κ1) is 14.1. The number of nitrogens with zero attached hydrogens (tertiary/aromatic N) is 2. The minimum atomic E-state index is 0.619. The highest BCUT2D eigenvalue weighted by Crippen LogP contribution is 2.16. The van der Waals surface area contributed by atoms with Crippen molar-refractivity contribution in [3.63, 3.8) is 0 Å². The fourth-order valence-corrected chi connectivity index (χ4v) is 2.15. The summed E-state index contributed by atoms with van der Waals surface area (Å²) < 4.78 is 5.63. The van der Waals surface area contributed by atoms with Crippen LogP contribution in [0.4, 0.5) is 5.69 Å². The summed E-state index contributed by atoms with van der Waals surface area (Å²) in [4.78, 5) is 6.48. The molecule has 110 valence electrons. The fourth-order valence-electron chi connectivity index (χ4n) is 2.15. The van der Waals surface area contributed by atoms with Crippen LogP contribution in [-0.2, 0) is 0 Å². The molecule has 0 saturated carbocycles. The molecule has 3 aromatic rings. The number of anilines is 1. The zero-order valence-corrected chi connectivity index (χ0v) is 12.7. The van der Waals surface area contributed by atoms with E-state index in [1.807, 2.05) is 56.6 Å². The third-order valence-corrected chi connectivity index (χ3v) is 3.36. The maximum absolute atomic E-state index is 5.63. The van der Waals surface area contributed by atoms with Crippen molar-refractivity contribution in [2.45, 2.75) is 0 Å². The first-order valence-corrected chi connectivity index (χ1v) is 7.20. The molecule has 3 rings (SSSR count). The lowest BCUT2D eigenvalue weighted by molar-refractivity contribution is 0.589. The van der Waals surface area contributed by atoms with Crippen LogP contribution in [0.2, 0.25) is 0 Å². The molecule has 0 bridgehead atoms. The van der Waals surface area contributed by atoms with E-state index in [0.29, 0.717) is 5.89 Å². The molecule has 0 aliphatic carbocycles. The van der Waals surface area contributed by atoms with E-state index >= 15 is 0 Å². The second-order valence-electron chi connectivity index (χ2n) is 5.22. The smallest absolute Gasteiger partial charge is 0.219 e. The van der Waals surface area contributed by atoms with Crippen molar-refractivity contribution in [2.24, 2.45) is 0 Å². The van der Waals surface area contributed by atoms with Gasteiger partial charge in [-0.25, -0.2) is 4.98 Å². The van der Waals surface area contributed by atoms with Crippen molar-refractivity contribution in [3.8, 4) is 0 Å². The van der Waals surface area contributed by atoms with E-state index in [-0.39, 0.29) is 0 Å². The van der Waals surface area contributed by atoms with Gasteiger partial charge in [-0.15, -0.1) is 0 Å². The number of aromatic nitrogens is 1. The summed E-state index contributed by atoms with van der Waals surface area (Å²) in [5.41, 5.74) is 4.04. The van der Waals surface area contributed by atoms with Gasteiger partial charge in [-0.1, -0.05) is 42.5 Å². The predicted octanol–water partition coefficient (Wildman–Crippen LogP) is 4.62. The van der Waals surface area contributed by atoms with E-state index in [2.05, 4.69) is 40.2 Å². The first-order chi connectivity index (χ1) is 10.7. The van der Waals surface area contributed by atoms with Crippen LogP contribution in [0.25, 0.3) is 23.3 Å². The summed E-state index contributed by atoms with van der Waals surface area (Å²) in [6.45, 7) is 0. The van der Waals surface area contributed by atoms with Crippen LogP contribution in [0, 0.1) is 0 Å². The van der Waals surface area contributed by atoms with Gasteiger partial charge in [0.05, 0.1) is 0 Å². The number of fused-ring (bicyclic) bond motifs is 1. The zero-order valence-electron chi connectivity index (χ0n) is 12.7. The molecule has 0 fully saturated rings. The van der Waals surface area contributed by atoms with Crippen molar-refractivity contribution in [1.82, 2.24) is 4.98 Å². The molecule has 0 saturated heterocycles. The fraction of sp³-hybridized carbons (Fsp3) is 0.105. The van der Waals surface area contributed by atoms with Crippen LogP contribution < -0.4 is 4.90 Å². The van der Waals surface area contributed by atoms with E-state index < -0.39 is 0 Å². The standard InChI is InChI=1S/C19H18N2O/c1-21(2)16-13-11-15(12-14-16)7-3-6-10-19-20-17-8-4-5-9-18(17)22-19/h3-14H,1-2H3. The van der Waals surface area contributed by atoms with Gasteiger partial charge in [-0.3, -0.25) is 0 Å². The molecule has 3 nitrogen and oxygen atoms in total. The summed E-state index contributed by atoms with van der Waals surface area (Å²) in [6.07, 6.45) is 7.84. The van der Waals surface area contributed by atoms with E-state index in [1.165, 1.54) is 5.69 Å². The molecule has 0 aliphatic rings. The molecule has 0 aliphatic heterocycles. The molecular formula is C19H18N2O. The van der Waals surface area contributed by atoms with Gasteiger partial charge < -0.3 is 9.32 Å². The Morgan fingerprint density at radius 3 is 2.36 bits per heavy atom. The Balaban J connectivity index is 1.68. The van der Waals surface area contributed by atoms with Crippen molar-refractivity contribution in [2.75, 3.05) is 19.0 Å². The van der Waals surface area contributed by atoms with Crippen LogP contribution in [0.15, 0.2) is 65.1 Å². The Bertz CT molecular complexity index is 778. The molecule has 0 N–H and O–H groups in total. The van der Waals surface area contributed by atoms with Crippen LogP contribution in [-0.4, -0.2) is 19.1 Å². The molecule has 0 spiro atoms.